The topological polar surface area (TPSA) is 56.1 Å². The Bertz CT molecular complexity index is 540. The standard InChI is InChI=1S/C12H11ClF3N3O/c1-19(6-2-5-17)11(20)18-10-4-3-8(13)7-9(10)12(14,15)16/h3-4,7H,2,6H2,1H3,(H,18,20). The summed E-state index contributed by atoms with van der Waals surface area (Å²) < 4.78 is 38.4. The van der Waals surface area contributed by atoms with E-state index in [-0.39, 0.29) is 23.7 Å². The number of urea groups is 1. The van der Waals surface area contributed by atoms with Crippen LogP contribution >= 0.6 is 11.6 Å². The number of hydrogen-bond acceptors (Lipinski definition) is 2. The summed E-state index contributed by atoms with van der Waals surface area (Å²) in [6.07, 6.45) is -4.53. The molecule has 0 aliphatic heterocycles. The molecule has 0 aliphatic rings. The summed E-state index contributed by atoms with van der Waals surface area (Å²) in [6.45, 7) is 0.122. The van der Waals surface area contributed by atoms with Gasteiger partial charge in [-0.2, -0.15) is 18.4 Å². The molecule has 0 fully saturated rings. The molecule has 0 aromatic heterocycles. The minimum absolute atomic E-state index is 0.0758. The van der Waals surface area contributed by atoms with Crippen LogP contribution in [0.4, 0.5) is 23.7 Å². The van der Waals surface area contributed by atoms with Crippen LogP contribution < -0.4 is 5.32 Å². The SMILES string of the molecule is CN(CCC#N)C(=O)Nc1ccc(Cl)cc1C(F)(F)F. The van der Waals surface area contributed by atoms with Gasteiger partial charge >= 0.3 is 12.2 Å². The molecule has 0 bridgehead atoms. The van der Waals surface area contributed by atoms with Crippen LogP contribution in [0.2, 0.25) is 5.02 Å². The molecule has 1 aromatic carbocycles. The van der Waals surface area contributed by atoms with E-state index in [1.807, 2.05) is 6.07 Å². The average Bonchev–Trinajstić information content (AvgIpc) is 2.36. The molecule has 1 aromatic rings. The Balaban J connectivity index is 2.93. The molecule has 108 valence electrons. The first-order valence-corrected chi connectivity index (χ1v) is 5.89. The lowest BCUT2D eigenvalue weighted by atomic mass is 10.1. The van der Waals surface area contributed by atoms with Crippen LogP contribution in [0.1, 0.15) is 12.0 Å². The van der Waals surface area contributed by atoms with Gasteiger partial charge < -0.3 is 10.2 Å². The van der Waals surface area contributed by atoms with Gasteiger partial charge in [-0.3, -0.25) is 0 Å². The van der Waals surface area contributed by atoms with Crippen molar-refractivity contribution in [2.75, 3.05) is 18.9 Å². The molecular weight excluding hydrogens is 295 g/mol. The number of nitriles is 1. The predicted molar refractivity (Wildman–Crippen MR) is 68.3 cm³/mol. The van der Waals surface area contributed by atoms with E-state index in [0.29, 0.717) is 0 Å². The zero-order chi connectivity index (χ0) is 15.3. The van der Waals surface area contributed by atoms with E-state index < -0.39 is 17.8 Å². The van der Waals surface area contributed by atoms with Gasteiger partial charge in [-0.1, -0.05) is 11.6 Å². The van der Waals surface area contributed by atoms with Gasteiger partial charge in [-0.15, -0.1) is 0 Å². The number of rotatable bonds is 3. The molecule has 4 nitrogen and oxygen atoms in total. The second-order valence-corrected chi connectivity index (χ2v) is 4.38. The maximum Gasteiger partial charge on any atom is 0.418 e. The Morgan fingerprint density at radius 3 is 2.70 bits per heavy atom. The number of amides is 2. The Hall–Kier alpha value is -1.94. The molecule has 20 heavy (non-hydrogen) atoms. The number of anilines is 1. The Morgan fingerprint density at radius 1 is 1.50 bits per heavy atom. The molecule has 0 unspecified atom stereocenters. The smallest absolute Gasteiger partial charge is 0.327 e. The number of nitrogens with one attached hydrogen (secondary N) is 1. The van der Waals surface area contributed by atoms with Gasteiger partial charge in [0.1, 0.15) is 0 Å². The zero-order valence-corrected chi connectivity index (χ0v) is 11.2. The van der Waals surface area contributed by atoms with Crippen molar-refractivity contribution in [3.8, 4) is 6.07 Å². The summed E-state index contributed by atoms with van der Waals surface area (Å²) in [6, 6.07) is 4.19. The van der Waals surface area contributed by atoms with E-state index in [9.17, 15) is 18.0 Å². The van der Waals surface area contributed by atoms with Crippen molar-refractivity contribution in [3.63, 3.8) is 0 Å². The maximum atomic E-state index is 12.8. The van der Waals surface area contributed by atoms with Crippen LogP contribution in [0, 0.1) is 11.3 Å². The predicted octanol–water partition coefficient (Wildman–Crippen LogP) is 3.74. The van der Waals surface area contributed by atoms with E-state index in [0.717, 1.165) is 17.0 Å². The Kier molecular flexibility index (Phi) is 5.22. The second kappa shape index (κ2) is 6.48. The van der Waals surface area contributed by atoms with Crippen molar-refractivity contribution in [1.82, 2.24) is 4.90 Å². The fourth-order valence-electron chi connectivity index (χ4n) is 1.39. The van der Waals surface area contributed by atoms with Crippen molar-refractivity contribution in [2.45, 2.75) is 12.6 Å². The molecular formula is C12H11ClF3N3O. The van der Waals surface area contributed by atoms with Crippen molar-refractivity contribution >= 4 is 23.3 Å². The molecule has 8 heteroatoms. The first-order valence-electron chi connectivity index (χ1n) is 5.51. The third-order valence-electron chi connectivity index (χ3n) is 2.43. The lowest BCUT2D eigenvalue weighted by Gasteiger charge is -2.19. The zero-order valence-electron chi connectivity index (χ0n) is 10.5. The van der Waals surface area contributed by atoms with Crippen LogP contribution in [0.5, 0.6) is 0 Å². The monoisotopic (exact) mass is 305 g/mol. The van der Waals surface area contributed by atoms with Crippen LogP contribution in [0.3, 0.4) is 0 Å². The number of halogens is 4. The first kappa shape index (κ1) is 16.1. The fourth-order valence-corrected chi connectivity index (χ4v) is 1.56. The second-order valence-electron chi connectivity index (χ2n) is 3.95. The van der Waals surface area contributed by atoms with Crippen molar-refractivity contribution in [2.24, 2.45) is 0 Å². The fraction of sp³-hybridized carbons (Fsp3) is 0.333. The van der Waals surface area contributed by atoms with E-state index in [2.05, 4.69) is 5.32 Å². The number of nitrogens with zero attached hydrogens (tertiary/aromatic N) is 2. The molecule has 1 rings (SSSR count). The third kappa shape index (κ3) is 4.31. The van der Waals surface area contributed by atoms with Crippen molar-refractivity contribution in [3.05, 3.63) is 28.8 Å². The van der Waals surface area contributed by atoms with Gasteiger partial charge in [0.25, 0.3) is 0 Å². The molecule has 0 heterocycles. The van der Waals surface area contributed by atoms with Gasteiger partial charge in [0.15, 0.2) is 0 Å². The van der Waals surface area contributed by atoms with Crippen LogP contribution in [0.15, 0.2) is 18.2 Å². The third-order valence-corrected chi connectivity index (χ3v) is 2.67. The highest BCUT2D eigenvalue weighted by atomic mass is 35.5. The Morgan fingerprint density at radius 2 is 2.15 bits per heavy atom. The van der Waals surface area contributed by atoms with Gasteiger partial charge in [0.05, 0.1) is 23.7 Å². The highest BCUT2D eigenvalue weighted by molar-refractivity contribution is 6.30. The summed E-state index contributed by atoms with van der Waals surface area (Å²) >= 11 is 5.53. The quantitative estimate of drug-likeness (QED) is 0.925. The summed E-state index contributed by atoms with van der Waals surface area (Å²) in [5.74, 6) is 0. The molecule has 0 saturated carbocycles. The number of carbonyl (C=O) groups excluding carboxylic acids is 1. The molecule has 1 N–H and O–H groups in total. The van der Waals surface area contributed by atoms with E-state index in [1.165, 1.54) is 13.1 Å². The highest BCUT2D eigenvalue weighted by Gasteiger charge is 2.34. The minimum atomic E-state index is -4.63. The van der Waals surface area contributed by atoms with E-state index in [4.69, 9.17) is 16.9 Å². The Labute approximate surface area is 118 Å². The summed E-state index contributed by atoms with van der Waals surface area (Å²) in [7, 11) is 1.38. The highest BCUT2D eigenvalue weighted by Crippen LogP contribution is 2.36. The number of hydrogen-bond donors (Lipinski definition) is 1. The van der Waals surface area contributed by atoms with E-state index >= 15 is 0 Å². The molecule has 0 spiro atoms. The van der Waals surface area contributed by atoms with Gasteiger partial charge in [-0.25, -0.2) is 4.79 Å². The largest absolute Gasteiger partial charge is 0.418 e. The molecule has 0 atom stereocenters. The number of carbonyl (C=O) groups is 1. The van der Waals surface area contributed by atoms with Crippen LogP contribution in [0.25, 0.3) is 0 Å². The normalized spacial score (nSPS) is 10.8. The van der Waals surface area contributed by atoms with Crippen molar-refractivity contribution < 1.29 is 18.0 Å². The molecule has 0 radical (unpaired) electrons. The van der Waals surface area contributed by atoms with Crippen LogP contribution in [-0.4, -0.2) is 24.5 Å². The van der Waals surface area contributed by atoms with Gasteiger partial charge in [0, 0.05) is 18.6 Å². The van der Waals surface area contributed by atoms with E-state index in [1.54, 1.807) is 0 Å². The molecule has 2 amide bonds. The molecule has 0 saturated heterocycles. The van der Waals surface area contributed by atoms with Crippen molar-refractivity contribution in [1.29, 1.82) is 5.26 Å². The lowest BCUT2D eigenvalue weighted by Crippen LogP contribution is -2.32. The summed E-state index contributed by atoms with van der Waals surface area (Å²) in [4.78, 5) is 12.8. The number of alkyl halides is 3. The summed E-state index contributed by atoms with van der Waals surface area (Å²) in [5, 5.41) is 10.5. The lowest BCUT2D eigenvalue weighted by molar-refractivity contribution is -0.136. The van der Waals surface area contributed by atoms with Crippen LogP contribution in [-0.2, 0) is 6.18 Å². The van der Waals surface area contributed by atoms with Gasteiger partial charge in [-0.05, 0) is 18.2 Å². The summed E-state index contributed by atoms with van der Waals surface area (Å²) in [5.41, 5.74) is -1.40. The van der Waals surface area contributed by atoms with Gasteiger partial charge in [0.2, 0.25) is 0 Å². The first-order chi connectivity index (χ1) is 9.25. The number of benzene rings is 1. The maximum absolute atomic E-state index is 12.8. The average molecular weight is 306 g/mol. The minimum Gasteiger partial charge on any atom is -0.327 e. The molecule has 0 aliphatic carbocycles.